The van der Waals surface area contributed by atoms with Crippen LogP contribution in [0.5, 0.6) is 0 Å². The third-order valence-corrected chi connectivity index (χ3v) is 2.35. The minimum absolute atomic E-state index is 0.259. The molecule has 1 aromatic rings. The van der Waals surface area contributed by atoms with Crippen molar-refractivity contribution >= 4 is 23.9 Å². The molecule has 1 aliphatic heterocycles. The van der Waals surface area contributed by atoms with Gasteiger partial charge in [0.1, 0.15) is 0 Å². The number of benzene rings is 1. The molecule has 0 unspecified atom stereocenters. The van der Waals surface area contributed by atoms with Crippen LogP contribution in [0.15, 0.2) is 34.8 Å². The van der Waals surface area contributed by atoms with Gasteiger partial charge in [0, 0.05) is 23.8 Å². The highest BCUT2D eigenvalue weighted by Gasteiger charge is 2.12. The lowest BCUT2D eigenvalue weighted by Crippen LogP contribution is -2.07. The molecule has 2 rings (SSSR count). The standard InChI is InChI=1S/C13H13NO2/c1-2-16-13(15)11-7-8-14-12-6-4-3-5-10(12)9-11/h3-6,8-9H,2,7H2,1H3. The van der Waals surface area contributed by atoms with Gasteiger partial charge in [-0.2, -0.15) is 0 Å². The fourth-order valence-electron chi connectivity index (χ4n) is 1.58. The lowest BCUT2D eigenvalue weighted by molar-refractivity contribution is -0.138. The van der Waals surface area contributed by atoms with Gasteiger partial charge in [-0.3, -0.25) is 4.99 Å². The molecule has 0 fully saturated rings. The molecule has 0 N–H and O–H groups in total. The van der Waals surface area contributed by atoms with Crippen molar-refractivity contribution in [1.82, 2.24) is 0 Å². The summed E-state index contributed by atoms with van der Waals surface area (Å²) in [5.74, 6) is -0.259. The largest absolute Gasteiger partial charge is 0.463 e. The van der Waals surface area contributed by atoms with Crippen molar-refractivity contribution in [1.29, 1.82) is 0 Å². The van der Waals surface area contributed by atoms with E-state index in [2.05, 4.69) is 4.99 Å². The van der Waals surface area contributed by atoms with E-state index in [0.717, 1.165) is 11.3 Å². The number of para-hydroxylation sites is 1. The minimum atomic E-state index is -0.259. The normalized spacial score (nSPS) is 13.7. The van der Waals surface area contributed by atoms with Crippen LogP contribution in [0.4, 0.5) is 5.69 Å². The maximum absolute atomic E-state index is 11.6. The molecule has 0 radical (unpaired) electrons. The van der Waals surface area contributed by atoms with E-state index in [-0.39, 0.29) is 5.97 Å². The van der Waals surface area contributed by atoms with Crippen LogP contribution in [0.3, 0.4) is 0 Å². The Labute approximate surface area is 94.5 Å². The Kier molecular flexibility index (Phi) is 3.15. The zero-order valence-electron chi connectivity index (χ0n) is 9.14. The van der Waals surface area contributed by atoms with Crippen LogP contribution in [-0.2, 0) is 9.53 Å². The number of fused-ring (bicyclic) bond motifs is 1. The Bertz CT molecular complexity index is 461. The molecular formula is C13H13NO2. The highest BCUT2D eigenvalue weighted by atomic mass is 16.5. The van der Waals surface area contributed by atoms with Crippen LogP contribution in [-0.4, -0.2) is 18.8 Å². The summed E-state index contributed by atoms with van der Waals surface area (Å²) in [6, 6.07) is 7.73. The Morgan fingerprint density at radius 2 is 2.25 bits per heavy atom. The predicted octanol–water partition coefficient (Wildman–Crippen LogP) is 2.74. The molecule has 0 saturated heterocycles. The molecule has 0 spiro atoms. The third kappa shape index (κ3) is 2.19. The molecule has 0 atom stereocenters. The van der Waals surface area contributed by atoms with Crippen LogP contribution in [0, 0.1) is 0 Å². The molecule has 0 amide bonds. The summed E-state index contributed by atoms with van der Waals surface area (Å²) in [4.78, 5) is 15.9. The van der Waals surface area contributed by atoms with Gasteiger partial charge in [-0.15, -0.1) is 0 Å². The summed E-state index contributed by atoms with van der Waals surface area (Å²) >= 11 is 0. The Morgan fingerprint density at radius 1 is 1.44 bits per heavy atom. The van der Waals surface area contributed by atoms with Gasteiger partial charge in [0.15, 0.2) is 0 Å². The zero-order chi connectivity index (χ0) is 11.4. The number of aliphatic imine (C=N–C) groups is 1. The van der Waals surface area contributed by atoms with Crippen LogP contribution < -0.4 is 0 Å². The van der Waals surface area contributed by atoms with Crippen LogP contribution in [0.25, 0.3) is 6.08 Å². The van der Waals surface area contributed by atoms with E-state index < -0.39 is 0 Å². The van der Waals surface area contributed by atoms with Crippen molar-refractivity contribution in [2.45, 2.75) is 13.3 Å². The average Bonchev–Trinajstić information content (AvgIpc) is 2.51. The van der Waals surface area contributed by atoms with Crippen molar-refractivity contribution in [3.63, 3.8) is 0 Å². The number of hydrogen-bond acceptors (Lipinski definition) is 3. The molecule has 1 aliphatic rings. The fourth-order valence-corrected chi connectivity index (χ4v) is 1.58. The van der Waals surface area contributed by atoms with E-state index in [1.165, 1.54) is 0 Å². The summed E-state index contributed by atoms with van der Waals surface area (Å²) in [5.41, 5.74) is 2.50. The fraction of sp³-hybridized carbons (Fsp3) is 0.231. The van der Waals surface area contributed by atoms with E-state index in [0.29, 0.717) is 18.6 Å². The number of ether oxygens (including phenoxy) is 1. The third-order valence-electron chi connectivity index (χ3n) is 2.35. The monoisotopic (exact) mass is 215 g/mol. The summed E-state index contributed by atoms with van der Waals surface area (Å²) in [6.07, 6.45) is 4.11. The number of nitrogens with zero attached hydrogens (tertiary/aromatic N) is 1. The maximum atomic E-state index is 11.6. The van der Waals surface area contributed by atoms with Gasteiger partial charge >= 0.3 is 5.97 Å². The van der Waals surface area contributed by atoms with Gasteiger partial charge in [-0.05, 0) is 19.1 Å². The molecule has 16 heavy (non-hydrogen) atoms. The average molecular weight is 215 g/mol. The zero-order valence-corrected chi connectivity index (χ0v) is 9.14. The van der Waals surface area contributed by atoms with E-state index in [4.69, 9.17) is 4.74 Å². The number of carbonyl (C=O) groups is 1. The van der Waals surface area contributed by atoms with E-state index in [1.807, 2.05) is 30.3 Å². The number of esters is 1. The first-order chi connectivity index (χ1) is 7.81. The van der Waals surface area contributed by atoms with Crippen LogP contribution in [0.1, 0.15) is 18.9 Å². The van der Waals surface area contributed by atoms with Crippen molar-refractivity contribution in [3.05, 3.63) is 35.4 Å². The summed E-state index contributed by atoms with van der Waals surface area (Å²) in [6.45, 7) is 2.20. The molecule has 3 nitrogen and oxygen atoms in total. The topological polar surface area (TPSA) is 38.7 Å². The highest BCUT2D eigenvalue weighted by Crippen LogP contribution is 2.24. The van der Waals surface area contributed by atoms with Crippen LogP contribution in [0.2, 0.25) is 0 Å². The molecular weight excluding hydrogens is 202 g/mol. The molecule has 0 aliphatic carbocycles. The number of rotatable bonds is 2. The lowest BCUT2D eigenvalue weighted by atomic mass is 10.1. The van der Waals surface area contributed by atoms with Gasteiger partial charge in [0.05, 0.1) is 12.3 Å². The second kappa shape index (κ2) is 4.75. The minimum Gasteiger partial charge on any atom is -0.463 e. The van der Waals surface area contributed by atoms with Gasteiger partial charge in [0.25, 0.3) is 0 Å². The van der Waals surface area contributed by atoms with Crippen molar-refractivity contribution in [2.24, 2.45) is 4.99 Å². The van der Waals surface area contributed by atoms with E-state index in [1.54, 1.807) is 13.1 Å². The number of carbonyl (C=O) groups excluding carboxylic acids is 1. The van der Waals surface area contributed by atoms with E-state index >= 15 is 0 Å². The molecule has 1 aromatic carbocycles. The van der Waals surface area contributed by atoms with Gasteiger partial charge in [-0.1, -0.05) is 18.2 Å². The Balaban J connectivity index is 2.34. The molecule has 3 heteroatoms. The Hall–Kier alpha value is -1.90. The molecule has 0 saturated carbocycles. The first-order valence-corrected chi connectivity index (χ1v) is 5.30. The maximum Gasteiger partial charge on any atom is 0.334 e. The van der Waals surface area contributed by atoms with Crippen molar-refractivity contribution < 1.29 is 9.53 Å². The van der Waals surface area contributed by atoms with Gasteiger partial charge in [0.2, 0.25) is 0 Å². The second-order valence-corrected chi connectivity index (χ2v) is 3.46. The van der Waals surface area contributed by atoms with Crippen LogP contribution >= 0.6 is 0 Å². The number of hydrogen-bond donors (Lipinski definition) is 0. The van der Waals surface area contributed by atoms with Crippen molar-refractivity contribution in [3.8, 4) is 0 Å². The van der Waals surface area contributed by atoms with Gasteiger partial charge < -0.3 is 4.74 Å². The molecule has 0 bridgehead atoms. The SMILES string of the molecule is CCOC(=O)C1=Cc2ccccc2N=CC1. The first kappa shape index (κ1) is 10.6. The quantitative estimate of drug-likeness (QED) is 0.711. The molecule has 1 heterocycles. The molecule has 82 valence electrons. The second-order valence-electron chi connectivity index (χ2n) is 3.46. The summed E-state index contributed by atoms with van der Waals surface area (Å²) in [7, 11) is 0. The predicted molar refractivity (Wildman–Crippen MR) is 63.8 cm³/mol. The van der Waals surface area contributed by atoms with Crippen molar-refractivity contribution in [2.75, 3.05) is 6.61 Å². The molecule has 0 aromatic heterocycles. The highest BCUT2D eigenvalue weighted by molar-refractivity contribution is 5.99. The van der Waals surface area contributed by atoms with Gasteiger partial charge in [-0.25, -0.2) is 4.79 Å². The lowest BCUT2D eigenvalue weighted by Gasteiger charge is -2.03. The Morgan fingerprint density at radius 3 is 3.06 bits per heavy atom. The summed E-state index contributed by atoms with van der Waals surface area (Å²) < 4.78 is 4.98. The van der Waals surface area contributed by atoms with E-state index in [9.17, 15) is 4.79 Å². The smallest absolute Gasteiger partial charge is 0.334 e. The first-order valence-electron chi connectivity index (χ1n) is 5.30. The summed E-state index contributed by atoms with van der Waals surface area (Å²) in [5, 5.41) is 0.